The maximum Gasteiger partial charge on any atom is 0.269 e. The molecule has 0 fully saturated rings. The van der Waals surface area contributed by atoms with Crippen LogP contribution in [0.5, 0.6) is 5.75 Å². The minimum Gasteiger partial charge on any atom is -0.492 e. The van der Waals surface area contributed by atoms with Crippen LogP contribution >= 0.6 is 12.2 Å². The molecule has 0 atom stereocenters. The molecular weight excluding hydrogens is 302 g/mol. The molecule has 0 saturated carbocycles. The number of hydrogen-bond donors (Lipinski definition) is 3. The molecule has 8 heteroatoms. The van der Waals surface area contributed by atoms with E-state index in [4.69, 9.17) is 22.7 Å². The van der Waals surface area contributed by atoms with E-state index in [-0.39, 0.29) is 5.69 Å². The van der Waals surface area contributed by atoms with Gasteiger partial charge in [0.2, 0.25) is 0 Å². The molecule has 7 nitrogen and oxygen atoms in total. The number of hydrogen-bond acceptors (Lipinski definition) is 4. The molecule has 0 bridgehead atoms. The van der Waals surface area contributed by atoms with Crippen molar-refractivity contribution in [2.45, 2.75) is 6.92 Å². The van der Waals surface area contributed by atoms with Crippen molar-refractivity contribution in [3.63, 3.8) is 0 Å². The Morgan fingerprint density at radius 3 is 2.73 bits per heavy atom. The van der Waals surface area contributed by atoms with E-state index in [1.54, 1.807) is 7.05 Å². The molecule has 1 aromatic heterocycles. The quantitative estimate of drug-likeness (QED) is 0.727. The van der Waals surface area contributed by atoms with E-state index in [0.29, 0.717) is 23.2 Å². The number of thiocarbonyl (C=S) groups is 1. The Morgan fingerprint density at radius 1 is 1.36 bits per heavy atom. The summed E-state index contributed by atoms with van der Waals surface area (Å²) in [4.78, 5) is 11.4. The molecule has 2 rings (SSSR count). The van der Waals surface area contributed by atoms with E-state index in [2.05, 4.69) is 15.7 Å². The van der Waals surface area contributed by atoms with Gasteiger partial charge >= 0.3 is 0 Å². The van der Waals surface area contributed by atoms with Gasteiger partial charge in [-0.1, -0.05) is 12.1 Å². The van der Waals surface area contributed by atoms with Gasteiger partial charge in [0.1, 0.15) is 11.4 Å². The minimum absolute atomic E-state index is 0.252. The van der Waals surface area contributed by atoms with Crippen molar-refractivity contribution < 1.29 is 9.53 Å². The molecule has 22 heavy (non-hydrogen) atoms. The first-order valence-corrected chi connectivity index (χ1v) is 7.05. The molecular formula is C14H17N5O2S. The third kappa shape index (κ3) is 3.53. The van der Waals surface area contributed by atoms with Crippen molar-refractivity contribution in [3.05, 3.63) is 36.2 Å². The molecule has 4 N–H and O–H groups in total. The zero-order valence-electron chi connectivity index (χ0n) is 12.3. The fourth-order valence-corrected chi connectivity index (χ4v) is 2.17. The summed E-state index contributed by atoms with van der Waals surface area (Å²) in [7, 11) is 1.63. The molecule has 116 valence electrons. The molecule has 0 spiro atoms. The summed E-state index contributed by atoms with van der Waals surface area (Å²) in [5, 5.41) is 10.2. The summed E-state index contributed by atoms with van der Waals surface area (Å²) in [5.41, 5.74) is 6.75. The van der Waals surface area contributed by atoms with Gasteiger partial charge < -0.3 is 21.1 Å². The lowest BCUT2D eigenvalue weighted by molar-refractivity contribution is 0.0992. The number of anilines is 2. The van der Waals surface area contributed by atoms with Gasteiger partial charge in [-0.2, -0.15) is 5.10 Å². The largest absolute Gasteiger partial charge is 0.492 e. The number of nitrogens with zero attached hydrogens (tertiary/aromatic N) is 2. The number of amides is 1. The van der Waals surface area contributed by atoms with Crippen LogP contribution in [0.1, 0.15) is 17.4 Å². The first-order chi connectivity index (χ1) is 10.5. The number of aromatic nitrogens is 2. The summed E-state index contributed by atoms with van der Waals surface area (Å²) in [6.45, 7) is 2.45. The molecule has 2 aromatic rings. The summed E-state index contributed by atoms with van der Waals surface area (Å²) in [5.74, 6) is 0.107. The Kier molecular flexibility index (Phi) is 4.95. The zero-order valence-corrected chi connectivity index (χ0v) is 13.1. The van der Waals surface area contributed by atoms with Crippen molar-refractivity contribution in [1.82, 2.24) is 9.78 Å². The predicted molar refractivity (Wildman–Crippen MR) is 89.2 cm³/mol. The topological polar surface area (TPSA) is 94.2 Å². The van der Waals surface area contributed by atoms with Crippen LogP contribution in [0.25, 0.3) is 0 Å². The van der Waals surface area contributed by atoms with Crippen molar-refractivity contribution >= 4 is 34.6 Å². The van der Waals surface area contributed by atoms with Crippen LogP contribution < -0.4 is 21.1 Å². The highest BCUT2D eigenvalue weighted by Gasteiger charge is 2.15. The third-order valence-electron chi connectivity index (χ3n) is 2.86. The highest BCUT2D eigenvalue weighted by atomic mass is 32.1. The van der Waals surface area contributed by atoms with Gasteiger partial charge in [-0.15, -0.1) is 0 Å². The van der Waals surface area contributed by atoms with Gasteiger partial charge in [0.15, 0.2) is 5.11 Å². The van der Waals surface area contributed by atoms with Gasteiger partial charge in [-0.25, -0.2) is 0 Å². The Labute approximate surface area is 133 Å². The molecule has 0 aliphatic rings. The first-order valence-electron chi connectivity index (χ1n) is 6.64. The van der Waals surface area contributed by atoms with E-state index in [9.17, 15) is 4.79 Å². The van der Waals surface area contributed by atoms with Crippen LogP contribution in [-0.4, -0.2) is 27.4 Å². The van der Waals surface area contributed by atoms with Crippen LogP contribution in [-0.2, 0) is 7.05 Å². The molecule has 0 radical (unpaired) electrons. The summed E-state index contributed by atoms with van der Waals surface area (Å²) in [6.07, 6.45) is 1.49. The minimum atomic E-state index is -0.583. The standard InChI is InChI=1S/C14H17N5O2S/c1-3-21-11-7-5-4-6-9(11)17-14(22)18-10-8-16-19(2)12(10)13(15)20/h4-8H,3H2,1-2H3,(H2,15,20)(H2,17,18,22). The lowest BCUT2D eigenvalue weighted by Gasteiger charge is -2.13. The van der Waals surface area contributed by atoms with Crippen LogP contribution in [0.3, 0.4) is 0 Å². The second-order valence-electron chi connectivity index (χ2n) is 4.40. The van der Waals surface area contributed by atoms with Crippen LogP contribution in [0.4, 0.5) is 11.4 Å². The van der Waals surface area contributed by atoms with Crippen molar-refractivity contribution in [2.24, 2.45) is 12.8 Å². The number of ether oxygens (including phenoxy) is 1. The average Bonchev–Trinajstić information content (AvgIpc) is 2.82. The van der Waals surface area contributed by atoms with Gasteiger partial charge in [-0.05, 0) is 31.3 Å². The highest BCUT2D eigenvalue weighted by Crippen LogP contribution is 2.24. The number of nitrogens with one attached hydrogen (secondary N) is 2. The molecule has 0 aliphatic carbocycles. The summed E-state index contributed by atoms with van der Waals surface area (Å²) >= 11 is 5.25. The zero-order chi connectivity index (χ0) is 16.1. The third-order valence-corrected chi connectivity index (χ3v) is 3.06. The van der Waals surface area contributed by atoms with E-state index in [1.165, 1.54) is 10.9 Å². The van der Waals surface area contributed by atoms with E-state index >= 15 is 0 Å². The molecule has 1 heterocycles. The Bertz CT molecular complexity index is 698. The predicted octanol–water partition coefficient (Wildman–Crippen LogP) is 1.73. The maximum atomic E-state index is 11.4. The second kappa shape index (κ2) is 6.90. The lowest BCUT2D eigenvalue weighted by Crippen LogP contribution is -2.23. The normalized spacial score (nSPS) is 10.1. The fourth-order valence-electron chi connectivity index (χ4n) is 1.95. The van der Waals surface area contributed by atoms with Crippen molar-refractivity contribution in [3.8, 4) is 5.75 Å². The van der Waals surface area contributed by atoms with Gasteiger partial charge in [-0.3, -0.25) is 9.48 Å². The fraction of sp³-hybridized carbons (Fsp3) is 0.214. The average molecular weight is 319 g/mol. The van der Waals surface area contributed by atoms with Crippen molar-refractivity contribution in [1.29, 1.82) is 0 Å². The number of carbonyl (C=O) groups excluding carboxylic acids is 1. The molecule has 0 aliphatic heterocycles. The van der Waals surface area contributed by atoms with Gasteiger partial charge in [0.25, 0.3) is 5.91 Å². The lowest BCUT2D eigenvalue weighted by atomic mass is 10.3. The first kappa shape index (κ1) is 15.8. The van der Waals surface area contributed by atoms with E-state index in [1.807, 2.05) is 31.2 Å². The van der Waals surface area contributed by atoms with Gasteiger partial charge in [0.05, 0.1) is 24.2 Å². The number of benzene rings is 1. The number of nitrogens with two attached hydrogens (primary N) is 1. The SMILES string of the molecule is CCOc1ccccc1NC(=S)Nc1cnn(C)c1C(N)=O. The number of primary amides is 1. The number of carbonyl (C=O) groups is 1. The Hall–Kier alpha value is -2.61. The van der Waals surface area contributed by atoms with E-state index in [0.717, 1.165) is 5.69 Å². The maximum absolute atomic E-state index is 11.4. The van der Waals surface area contributed by atoms with Gasteiger partial charge in [0, 0.05) is 7.05 Å². The summed E-state index contributed by atoms with van der Waals surface area (Å²) < 4.78 is 6.90. The molecule has 0 unspecified atom stereocenters. The Morgan fingerprint density at radius 2 is 2.05 bits per heavy atom. The van der Waals surface area contributed by atoms with E-state index < -0.39 is 5.91 Å². The van der Waals surface area contributed by atoms with Crippen LogP contribution in [0.15, 0.2) is 30.5 Å². The second-order valence-corrected chi connectivity index (χ2v) is 4.81. The molecule has 1 amide bonds. The smallest absolute Gasteiger partial charge is 0.269 e. The van der Waals surface area contributed by atoms with Crippen molar-refractivity contribution in [2.75, 3.05) is 17.2 Å². The number of para-hydroxylation sites is 2. The Balaban J connectivity index is 2.13. The molecule has 1 aromatic carbocycles. The van der Waals surface area contributed by atoms with Crippen LogP contribution in [0, 0.1) is 0 Å². The van der Waals surface area contributed by atoms with Crippen LogP contribution in [0.2, 0.25) is 0 Å². The molecule has 0 saturated heterocycles. The number of rotatable bonds is 5. The monoisotopic (exact) mass is 319 g/mol. The summed E-state index contributed by atoms with van der Waals surface area (Å²) in [6, 6.07) is 7.43. The number of aryl methyl sites for hydroxylation is 1. The highest BCUT2D eigenvalue weighted by molar-refractivity contribution is 7.80.